The number of hydrogen-bond donors (Lipinski definition) is 0. The zero-order valence-electron chi connectivity index (χ0n) is 11.5. The van der Waals surface area contributed by atoms with Gasteiger partial charge in [-0.1, -0.05) is 6.07 Å². The van der Waals surface area contributed by atoms with Gasteiger partial charge in [-0.2, -0.15) is 5.26 Å². The average Bonchev–Trinajstić information content (AvgIpc) is 2.44. The van der Waals surface area contributed by atoms with Crippen LogP contribution in [0, 0.1) is 11.3 Å². The van der Waals surface area contributed by atoms with Crippen LogP contribution in [0.25, 0.3) is 0 Å². The van der Waals surface area contributed by atoms with E-state index in [4.69, 9.17) is 14.7 Å². The maximum atomic E-state index is 11.4. The summed E-state index contributed by atoms with van der Waals surface area (Å²) in [5, 5.41) is 8.47. The zero-order chi connectivity index (χ0) is 14.3. The molecule has 0 aromatic heterocycles. The Morgan fingerprint density at radius 1 is 1.32 bits per heavy atom. The summed E-state index contributed by atoms with van der Waals surface area (Å²) in [6.45, 7) is 0.565. The predicted molar refractivity (Wildman–Crippen MR) is 71.1 cm³/mol. The number of likely N-dealkylation sites (N-methyl/N-ethyl adjacent to an activating group) is 1. The quantitative estimate of drug-likeness (QED) is 0.781. The van der Waals surface area contributed by atoms with Crippen molar-refractivity contribution in [2.24, 2.45) is 0 Å². The molecule has 0 bridgehead atoms. The number of benzene rings is 1. The standard InChI is InChI=1S/C14H18N2O3/c1-16(14(17)6-8-15)9-7-11-4-5-12(18-2)13(10-11)19-3/h4-5,10H,6-7,9H2,1-3H3. The van der Waals surface area contributed by atoms with Crippen LogP contribution in [0.2, 0.25) is 0 Å². The van der Waals surface area contributed by atoms with Gasteiger partial charge in [-0.3, -0.25) is 4.79 Å². The minimum absolute atomic E-state index is 0.0809. The van der Waals surface area contributed by atoms with E-state index >= 15 is 0 Å². The van der Waals surface area contributed by atoms with E-state index in [1.807, 2.05) is 24.3 Å². The molecule has 0 atom stereocenters. The average molecular weight is 262 g/mol. The molecule has 0 fully saturated rings. The number of amides is 1. The highest BCUT2D eigenvalue weighted by atomic mass is 16.5. The molecule has 0 aliphatic heterocycles. The molecule has 5 heteroatoms. The van der Waals surface area contributed by atoms with Crippen molar-refractivity contribution in [2.75, 3.05) is 27.8 Å². The summed E-state index contributed by atoms with van der Waals surface area (Å²) >= 11 is 0. The van der Waals surface area contributed by atoms with E-state index in [0.717, 1.165) is 5.56 Å². The minimum Gasteiger partial charge on any atom is -0.493 e. The van der Waals surface area contributed by atoms with E-state index in [2.05, 4.69) is 0 Å². The molecule has 5 nitrogen and oxygen atoms in total. The van der Waals surface area contributed by atoms with E-state index in [9.17, 15) is 4.79 Å². The first-order valence-electron chi connectivity index (χ1n) is 5.94. The van der Waals surface area contributed by atoms with Gasteiger partial charge in [0.1, 0.15) is 6.42 Å². The van der Waals surface area contributed by atoms with Crippen molar-refractivity contribution in [3.63, 3.8) is 0 Å². The first-order chi connectivity index (χ1) is 9.12. The predicted octanol–water partition coefficient (Wildman–Crippen LogP) is 1.62. The lowest BCUT2D eigenvalue weighted by atomic mass is 10.1. The Kier molecular flexibility index (Phi) is 5.68. The van der Waals surface area contributed by atoms with Gasteiger partial charge >= 0.3 is 0 Å². The highest BCUT2D eigenvalue weighted by Crippen LogP contribution is 2.27. The van der Waals surface area contributed by atoms with Gasteiger partial charge in [0.25, 0.3) is 0 Å². The number of carbonyl (C=O) groups is 1. The highest BCUT2D eigenvalue weighted by molar-refractivity contribution is 5.77. The van der Waals surface area contributed by atoms with Crippen molar-refractivity contribution in [3.05, 3.63) is 23.8 Å². The van der Waals surface area contributed by atoms with Crippen molar-refractivity contribution in [1.29, 1.82) is 5.26 Å². The Morgan fingerprint density at radius 2 is 2.00 bits per heavy atom. The van der Waals surface area contributed by atoms with Crippen LogP contribution < -0.4 is 9.47 Å². The summed E-state index contributed by atoms with van der Waals surface area (Å²) in [6, 6.07) is 7.52. The number of ether oxygens (including phenoxy) is 2. The van der Waals surface area contributed by atoms with Crippen LogP contribution >= 0.6 is 0 Å². The number of nitrogens with zero attached hydrogens (tertiary/aromatic N) is 2. The molecule has 1 rings (SSSR count). The number of methoxy groups -OCH3 is 2. The summed E-state index contributed by atoms with van der Waals surface area (Å²) in [5.74, 6) is 1.19. The molecule has 0 radical (unpaired) electrons. The lowest BCUT2D eigenvalue weighted by molar-refractivity contribution is -0.128. The van der Waals surface area contributed by atoms with E-state index in [0.29, 0.717) is 24.5 Å². The van der Waals surface area contributed by atoms with Gasteiger partial charge in [0.15, 0.2) is 11.5 Å². The lowest BCUT2D eigenvalue weighted by Crippen LogP contribution is -2.28. The first kappa shape index (κ1) is 14.8. The highest BCUT2D eigenvalue weighted by Gasteiger charge is 2.09. The fraction of sp³-hybridized carbons (Fsp3) is 0.429. The molecule has 1 amide bonds. The van der Waals surface area contributed by atoms with Gasteiger partial charge in [0.05, 0.1) is 20.3 Å². The van der Waals surface area contributed by atoms with Crippen molar-refractivity contribution in [3.8, 4) is 17.6 Å². The van der Waals surface area contributed by atoms with Crippen LogP contribution in [0.1, 0.15) is 12.0 Å². The molecule has 0 aliphatic carbocycles. The Hall–Kier alpha value is -2.22. The zero-order valence-corrected chi connectivity index (χ0v) is 11.5. The molecular formula is C14H18N2O3. The SMILES string of the molecule is COc1ccc(CCN(C)C(=O)CC#N)cc1OC. The second-order valence-electron chi connectivity index (χ2n) is 4.09. The fourth-order valence-electron chi connectivity index (χ4n) is 1.66. The topological polar surface area (TPSA) is 62.6 Å². The van der Waals surface area contributed by atoms with Crippen LogP contribution in [0.3, 0.4) is 0 Å². The van der Waals surface area contributed by atoms with Gasteiger partial charge in [0, 0.05) is 13.6 Å². The molecule has 102 valence electrons. The molecule has 0 saturated heterocycles. The number of carbonyl (C=O) groups excluding carboxylic acids is 1. The summed E-state index contributed by atoms with van der Waals surface area (Å²) in [7, 11) is 4.87. The summed E-state index contributed by atoms with van der Waals surface area (Å²) in [5.41, 5.74) is 1.05. The fourth-order valence-corrected chi connectivity index (χ4v) is 1.66. The lowest BCUT2D eigenvalue weighted by Gasteiger charge is -2.16. The van der Waals surface area contributed by atoms with Crippen molar-refractivity contribution >= 4 is 5.91 Å². The second kappa shape index (κ2) is 7.27. The Bertz CT molecular complexity index is 480. The molecule has 19 heavy (non-hydrogen) atoms. The Morgan fingerprint density at radius 3 is 2.58 bits per heavy atom. The minimum atomic E-state index is -0.164. The molecule has 0 heterocycles. The Balaban J connectivity index is 2.63. The molecule has 0 unspecified atom stereocenters. The summed E-state index contributed by atoms with van der Waals surface area (Å²) in [4.78, 5) is 13.0. The van der Waals surface area contributed by atoms with Gasteiger partial charge in [0.2, 0.25) is 5.91 Å². The molecule has 1 aromatic rings. The third kappa shape index (κ3) is 4.18. The molecular weight excluding hydrogens is 244 g/mol. The third-order valence-corrected chi connectivity index (χ3v) is 2.84. The van der Waals surface area contributed by atoms with E-state index in [1.54, 1.807) is 26.2 Å². The molecule has 0 aliphatic rings. The van der Waals surface area contributed by atoms with Crippen LogP contribution in [-0.2, 0) is 11.2 Å². The number of nitriles is 1. The first-order valence-corrected chi connectivity index (χ1v) is 5.94. The molecule has 1 aromatic carbocycles. The monoisotopic (exact) mass is 262 g/mol. The Labute approximate surface area is 113 Å². The van der Waals surface area contributed by atoms with Crippen LogP contribution in [0.15, 0.2) is 18.2 Å². The van der Waals surface area contributed by atoms with Crippen LogP contribution in [0.5, 0.6) is 11.5 Å². The number of hydrogen-bond acceptors (Lipinski definition) is 4. The van der Waals surface area contributed by atoms with Gasteiger partial charge in [-0.15, -0.1) is 0 Å². The van der Waals surface area contributed by atoms with E-state index in [-0.39, 0.29) is 12.3 Å². The van der Waals surface area contributed by atoms with Crippen LogP contribution in [0.4, 0.5) is 0 Å². The third-order valence-electron chi connectivity index (χ3n) is 2.84. The van der Waals surface area contributed by atoms with E-state index < -0.39 is 0 Å². The maximum absolute atomic E-state index is 11.4. The smallest absolute Gasteiger partial charge is 0.236 e. The van der Waals surface area contributed by atoms with Gasteiger partial charge < -0.3 is 14.4 Å². The van der Waals surface area contributed by atoms with Crippen LogP contribution in [-0.4, -0.2) is 38.6 Å². The van der Waals surface area contributed by atoms with Crippen molar-refractivity contribution < 1.29 is 14.3 Å². The summed E-state index contributed by atoms with van der Waals surface area (Å²) < 4.78 is 10.4. The van der Waals surface area contributed by atoms with Gasteiger partial charge in [-0.25, -0.2) is 0 Å². The molecule has 0 spiro atoms. The number of rotatable bonds is 6. The maximum Gasteiger partial charge on any atom is 0.236 e. The second-order valence-corrected chi connectivity index (χ2v) is 4.09. The van der Waals surface area contributed by atoms with Crippen molar-refractivity contribution in [1.82, 2.24) is 4.90 Å². The molecule has 0 saturated carbocycles. The molecule has 0 N–H and O–H groups in total. The normalized spacial score (nSPS) is 9.58. The van der Waals surface area contributed by atoms with E-state index in [1.165, 1.54) is 0 Å². The summed E-state index contributed by atoms with van der Waals surface area (Å²) in [6.07, 6.45) is 0.621. The van der Waals surface area contributed by atoms with Gasteiger partial charge in [-0.05, 0) is 24.1 Å². The van der Waals surface area contributed by atoms with Crippen molar-refractivity contribution in [2.45, 2.75) is 12.8 Å². The largest absolute Gasteiger partial charge is 0.493 e.